The number of amides is 1. The number of aromatic nitrogens is 2. The molecule has 1 N–H and O–H groups in total. The predicted octanol–water partition coefficient (Wildman–Crippen LogP) is 4.08. The molecule has 0 saturated heterocycles. The van der Waals surface area contributed by atoms with Gasteiger partial charge in [0.05, 0.1) is 18.0 Å². The van der Waals surface area contributed by atoms with Gasteiger partial charge in [-0.05, 0) is 43.0 Å². The quantitative estimate of drug-likeness (QED) is 0.625. The standard InChI is InChI=1S/C24H29N3O3/c1-16(2)27-23(29)20-9-7-6-8-19(20)21(26-27)22(28)25-14-15-30-18-12-10-17(11-13-18)24(3,4)5/h6-13,16H,14-15H2,1-5H3,(H,25,28). The van der Waals surface area contributed by atoms with Crippen LogP contribution in [0.1, 0.15) is 56.7 Å². The summed E-state index contributed by atoms with van der Waals surface area (Å²) in [5, 5.41) is 8.20. The predicted molar refractivity (Wildman–Crippen MR) is 119 cm³/mol. The van der Waals surface area contributed by atoms with E-state index in [1.165, 1.54) is 10.2 Å². The maximum atomic E-state index is 12.8. The highest BCUT2D eigenvalue weighted by atomic mass is 16.5. The lowest BCUT2D eigenvalue weighted by molar-refractivity contribution is 0.0941. The number of carbonyl (C=O) groups is 1. The van der Waals surface area contributed by atoms with Crippen LogP contribution in [0.4, 0.5) is 0 Å². The molecule has 0 bridgehead atoms. The summed E-state index contributed by atoms with van der Waals surface area (Å²) in [6.07, 6.45) is 0. The Hall–Kier alpha value is -3.15. The number of ether oxygens (including phenoxy) is 1. The minimum Gasteiger partial charge on any atom is -0.492 e. The molecule has 0 unspecified atom stereocenters. The maximum Gasteiger partial charge on any atom is 0.274 e. The molecule has 1 aromatic heterocycles. The molecule has 0 aliphatic carbocycles. The number of rotatable bonds is 6. The first-order chi connectivity index (χ1) is 14.2. The first-order valence-corrected chi connectivity index (χ1v) is 10.2. The van der Waals surface area contributed by atoms with Crippen LogP contribution in [0.5, 0.6) is 5.75 Å². The molecule has 6 nitrogen and oxygen atoms in total. The van der Waals surface area contributed by atoms with Gasteiger partial charge in [-0.3, -0.25) is 9.59 Å². The first kappa shape index (κ1) is 21.6. The van der Waals surface area contributed by atoms with Gasteiger partial charge >= 0.3 is 0 Å². The number of benzene rings is 2. The Morgan fingerprint density at radius 2 is 1.70 bits per heavy atom. The third kappa shape index (κ3) is 4.70. The lowest BCUT2D eigenvalue weighted by atomic mass is 9.87. The highest BCUT2D eigenvalue weighted by molar-refractivity contribution is 6.04. The summed E-state index contributed by atoms with van der Waals surface area (Å²) in [6.45, 7) is 10.9. The zero-order valence-corrected chi connectivity index (χ0v) is 18.2. The molecule has 0 atom stereocenters. The fourth-order valence-corrected chi connectivity index (χ4v) is 3.19. The van der Waals surface area contributed by atoms with Crippen LogP contribution in [-0.4, -0.2) is 28.8 Å². The minimum absolute atomic E-state index is 0.0920. The normalized spacial score (nSPS) is 11.7. The van der Waals surface area contributed by atoms with Crippen molar-refractivity contribution in [1.29, 1.82) is 0 Å². The van der Waals surface area contributed by atoms with Crippen molar-refractivity contribution in [3.63, 3.8) is 0 Å². The van der Waals surface area contributed by atoms with Gasteiger partial charge in [0.1, 0.15) is 12.4 Å². The second-order valence-electron chi connectivity index (χ2n) is 8.62. The smallest absolute Gasteiger partial charge is 0.274 e. The van der Waals surface area contributed by atoms with Crippen LogP contribution in [0.2, 0.25) is 0 Å². The van der Waals surface area contributed by atoms with Gasteiger partial charge in [0.2, 0.25) is 0 Å². The van der Waals surface area contributed by atoms with E-state index in [-0.39, 0.29) is 28.6 Å². The molecule has 0 aliphatic heterocycles. The largest absolute Gasteiger partial charge is 0.492 e. The molecule has 2 aromatic carbocycles. The fourth-order valence-electron chi connectivity index (χ4n) is 3.19. The van der Waals surface area contributed by atoms with Gasteiger partial charge in [0, 0.05) is 5.39 Å². The minimum atomic E-state index is -0.327. The SMILES string of the molecule is CC(C)n1nc(C(=O)NCCOc2ccc(C(C)(C)C)cc2)c2ccccc2c1=O. The number of hydrogen-bond donors (Lipinski definition) is 1. The van der Waals surface area contributed by atoms with E-state index < -0.39 is 0 Å². The summed E-state index contributed by atoms with van der Waals surface area (Å²) < 4.78 is 7.09. The summed E-state index contributed by atoms with van der Waals surface area (Å²) in [4.78, 5) is 25.4. The molecule has 1 amide bonds. The van der Waals surface area contributed by atoms with Gasteiger partial charge < -0.3 is 10.1 Å². The summed E-state index contributed by atoms with van der Waals surface area (Å²) in [6, 6.07) is 14.9. The zero-order valence-electron chi connectivity index (χ0n) is 18.2. The Morgan fingerprint density at radius 1 is 1.07 bits per heavy atom. The number of hydrogen-bond acceptors (Lipinski definition) is 4. The molecular weight excluding hydrogens is 378 g/mol. The molecule has 0 aliphatic rings. The maximum absolute atomic E-state index is 12.8. The van der Waals surface area contributed by atoms with Crippen molar-refractivity contribution in [2.45, 2.75) is 46.1 Å². The van der Waals surface area contributed by atoms with Crippen LogP contribution in [0.15, 0.2) is 53.3 Å². The monoisotopic (exact) mass is 407 g/mol. The molecule has 0 fully saturated rings. The third-order valence-corrected chi connectivity index (χ3v) is 4.91. The van der Waals surface area contributed by atoms with Gasteiger partial charge in [-0.25, -0.2) is 4.68 Å². The first-order valence-electron chi connectivity index (χ1n) is 10.2. The molecule has 30 heavy (non-hydrogen) atoms. The van der Waals surface area contributed by atoms with Crippen LogP contribution in [-0.2, 0) is 5.41 Å². The second-order valence-corrected chi connectivity index (χ2v) is 8.62. The molecule has 3 rings (SSSR count). The van der Waals surface area contributed by atoms with Crippen LogP contribution in [0.25, 0.3) is 10.8 Å². The van der Waals surface area contributed by atoms with E-state index in [0.29, 0.717) is 23.9 Å². The van der Waals surface area contributed by atoms with E-state index in [0.717, 1.165) is 5.75 Å². The summed E-state index contributed by atoms with van der Waals surface area (Å²) in [5.74, 6) is 0.432. The number of carbonyl (C=O) groups excluding carboxylic acids is 1. The van der Waals surface area contributed by atoms with E-state index in [1.54, 1.807) is 24.3 Å². The molecular formula is C24H29N3O3. The Bertz CT molecular complexity index is 1090. The molecule has 0 saturated carbocycles. The van der Waals surface area contributed by atoms with Gasteiger partial charge in [-0.15, -0.1) is 0 Å². The van der Waals surface area contributed by atoms with E-state index in [4.69, 9.17) is 4.74 Å². The van der Waals surface area contributed by atoms with Crippen molar-refractivity contribution < 1.29 is 9.53 Å². The van der Waals surface area contributed by atoms with E-state index >= 15 is 0 Å². The lowest BCUT2D eigenvalue weighted by Gasteiger charge is -2.19. The number of nitrogens with one attached hydrogen (secondary N) is 1. The second kappa shape index (κ2) is 8.69. The van der Waals surface area contributed by atoms with E-state index in [1.807, 2.05) is 26.0 Å². The molecule has 158 valence electrons. The summed E-state index contributed by atoms with van der Waals surface area (Å²) in [7, 11) is 0. The van der Waals surface area contributed by atoms with Crippen molar-refractivity contribution in [3.05, 3.63) is 70.1 Å². The van der Waals surface area contributed by atoms with Crippen LogP contribution >= 0.6 is 0 Å². The summed E-state index contributed by atoms with van der Waals surface area (Å²) >= 11 is 0. The fraction of sp³-hybridized carbons (Fsp3) is 0.375. The Balaban J connectivity index is 1.67. The van der Waals surface area contributed by atoms with Crippen LogP contribution < -0.4 is 15.6 Å². The van der Waals surface area contributed by atoms with Crippen molar-refractivity contribution >= 4 is 16.7 Å². The van der Waals surface area contributed by atoms with Crippen LogP contribution in [0.3, 0.4) is 0 Å². The molecule has 0 radical (unpaired) electrons. The Labute approximate surface area is 176 Å². The molecule has 1 heterocycles. The van der Waals surface area contributed by atoms with Gasteiger partial charge in [-0.1, -0.05) is 51.1 Å². The number of fused-ring (bicyclic) bond motifs is 1. The average Bonchev–Trinajstić information content (AvgIpc) is 2.71. The van der Waals surface area contributed by atoms with Crippen molar-refractivity contribution in [1.82, 2.24) is 15.1 Å². The Morgan fingerprint density at radius 3 is 2.30 bits per heavy atom. The van der Waals surface area contributed by atoms with E-state index in [9.17, 15) is 9.59 Å². The third-order valence-electron chi connectivity index (χ3n) is 4.91. The Kier molecular flexibility index (Phi) is 6.25. The highest BCUT2D eigenvalue weighted by Crippen LogP contribution is 2.24. The average molecular weight is 408 g/mol. The highest BCUT2D eigenvalue weighted by Gasteiger charge is 2.17. The number of nitrogens with zero attached hydrogens (tertiary/aromatic N) is 2. The molecule has 0 spiro atoms. The topological polar surface area (TPSA) is 73.2 Å². The van der Waals surface area contributed by atoms with Crippen LogP contribution in [0, 0.1) is 0 Å². The summed E-state index contributed by atoms with van der Waals surface area (Å²) in [5.41, 5.74) is 1.38. The van der Waals surface area contributed by atoms with Crippen molar-refractivity contribution in [2.75, 3.05) is 13.2 Å². The van der Waals surface area contributed by atoms with Crippen molar-refractivity contribution in [3.8, 4) is 5.75 Å². The zero-order chi connectivity index (χ0) is 21.9. The lowest BCUT2D eigenvalue weighted by Crippen LogP contribution is -2.33. The van der Waals surface area contributed by atoms with Gasteiger partial charge in [0.25, 0.3) is 11.5 Å². The van der Waals surface area contributed by atoms with Gasteiger partial charge in [0.15, 0.2) is 5.69 Å². The van der Waals surface area contributed by atoms with E-state index in [2.05, 4.69) is 43.3 Å². The van der Waals surface area contributed by atoms with Gasteiger partial charge in [-0.2, -0.15) is 5.10 Å². The molecule has 3 aromatic rings. The molecule has 6 heteroatoms. The van der Waals surface area contributed by atoms with Crippen molar-refractivity contribution in [2.24, 2.45) is 0 Å².